The van der Waals surface area contributed by atoms with Crippen molar-refractivity contribution in [2.24, 2.45) is 0 Å². The minimum absolute atomic E-state index is 0.0300. The highest BCUT2D eigenvalue weighted by Crippen LogP contribution is 2.22. The Balaban J connectivity index is 1.70. The van der Waals surface area contributed by atoms with E-state index >= 15 is 0 Å². The van der Waals surface area contributed by atoms with E-state index in [0.29, 0.717) is 17.3 Å². The number of hydrogen-bond donors (Lipinski definition) is 1. The number of methoxy groups -OCH3 is 1. The molecule has 1 atom stereocenters. The maximum atomic E-state index is 12.7. The number of sulfonamides is 1. The molecule has 0 fully saturated rings. The van der Waals surface area contributed by atoms with Crippen LogP contribution in [-0.4, -0.2) is 43.9 Å². The minimum atomic E-state index is -3.69. The summed E-state index contributed by atoms with van der Waals surface area (Å²) >= 11 is 0. The van der Waals surface area contributed by atoms with Crippen molar-refractivity contribution < 1.29 is 22.5 Å². The molecule has 164 valence electrons. The van der Waals surface area contributed by atoms with Crippen molar-refractivity contribution in [2.75, 3.05) is 17.7 Å². The minimum Gasteiger partial charge on any atom is -0.497 e. The number of rotatable bonds is 8. The van der Waals surface area contributed by atoms with Gasteiger partial charge in [0.1, 0.15) is 11.8 Å². The summed E-state index contributed by atoms with van der Waals surface area (Å²) in [5.41, 5.74) is 2.04. The van der Waals surface area contributed by atoms with E-state index in [-0.39, 0.29) is 12.4 Å². The van der Waals surface area contributed by atoms with Crippen LogP contribution in [0.25, 0.3) is 11.4 Å². The molecule has 0 aliphatic rings. The maximum Gasteiger partial charge on any atom is 0.246 e. The molecule has 0 aliphatic carbocycles. The largest absolute Gasteiger partial charge is 0.497 e. The number of nitrogens with one attached hydrogen (secondary N) is 1. The van der Waals surface area contributed by atoms with Gasteiger partial charge in [0, 0.05) is 5.56 Å². The summed E-state index contributed by atoms with van der Waals surface area (Å²) in [6.07, 6.45) is 1.07. The molecule has 0 saturated heterocycles. The molecule has 1 heterocycles. The Kier molecular flexibility index (Phi) is 6.59. The molecule has 3 rings (SSSR count). The molecule has 1 N–H and O–H groups in total. The van der Waals surface area contributed by atoms with E-state index in [9.17, 15) is 13.2 Å². The molecule has 0 saturated carbocycles. The first-order valence-electron chi connectivity index (χ1n) is 9.50. The quantitative estimate of drug-likeness (QED) is 0.568. The van der Waals surface area contributed by atoms with E-state index in [4.69, 9.17) is 9.26 Å². The molecule has 0 bridgehead atoms. The van der Waals surface area contributed by atoms with Gasteiger partial charge in [0.15, 0.2) is 0 Å². The Hall–Kier alpha value is -3.40. The third-order valence-electron chi connectivity index (χ3n) is 4.57. The summed E-state index contributed by atoms with van der Waals surface area (Å²) in [6.45, 7) is 3.34. The van der Waals surface area contributed by atoms with Crippen molar-refractivity contribution in [1.82, 2.24) is 15.5 Å². The first-order valence-corrected chi connectivity index (χ1v) is 11.3. The van der Waals surface area contributed by atoms with Crippen LogP contribution in [-0.2, 0) is 21.4 Å². The Morgan fingerprint density at radius 3 is 2.55 bits per heavy atom. The Labute approximate surface area is 181 Å². The Bertz CT molecular complexity index is 1160. The summed E-state index contributed by atoms with van der Waals surface area (Å²) in [6, 6.07) is 13.1. The first kappa shape index (κ1) is 22.3. The smallest absolute Gasteiger partial charge is 0.246 e. The number of aromatic nitrogens is 2. The lowest BCUT2D eigenvalue weighted by atomic mass is 10.2. The van der Waals surface area contributed by atoms with Crippen LogP contribution in [0.1, 0.15) is 18.4 Å². The summed E-state index contributed by atoms with van der Waals surface area (Å²) in [5, 5.41) is 6.57. The summed E-state index contributed by atoms with van der Waals surface area (Å²) in [4.78, 5) is 17.0. The van der Waals surface area contributed by atoms with E-state index in [1.54, 1.807) is 49.6 Å². The van der Waals surface area contributed by atoms with Crippen molar-refractivity contribution in [3.8, 4) is 17.1 Å². The van der Waals surface area contributed by atoms with E-state index in [0.717, 1.165) is 21.7 Å². The fraction of sp³-hybridized carbons (Fsp3) is 0.286. The summed E-state index contributed by atoms with van der Waals surface area (Å²) in [5.74, 6) is 0.791. The summed E-state index contributed by atoms with van der Waals surface area (Å²) < 4.78 is 36.1. The molecule has 0 spiro atoms. The number of ether oxygens (including phenoxy) is 1. The van der Waals surface area contributed by atoms with Crippen molar-refractivity contribution in [3.63, 3.8) is 0 Å². The van der Waals surface area contributed by atoms with Gasteiger partial charge in [0.25, 0.3) is 0 Å². The molecule has 0 aliphatic heterocycles. The number of carbonyl (C=O) groups is 1. The fourth-order valence-electron chi connectivity index (χ4n) is 3.07. The van der Waals surface area contributed by atoms with Crippen LogP contribution >= 0.6 is 0 Å². The SMILES string of the molecule is COc1ccc(-c2noc(CNC(=O)[C@H](C)N(c3cccc(C)c3)S(C)(=O)=O)n2)cc1. The van der Waals surface area contributed by atoms with Gasteiger partial charge < -0.3 is 14.6 Å². The van der Waals surface area contributed by atoms with Gasteiger partial charge in [0.05, 0.1) is 25.6 Å². The molecular formula is C21H24N4O5S. The second-order valence-corrected chi connectivity index (χ2v) is 8.89. The molecule has 0 unspecified atom stereocenters. The molecule has 9 nitrogen and oxygen atoms in total. The number of anilines is 1. The predicted molar refractivity (Wildman–Crippen MR) is 116 cm³/mol. The van der Waals surface area contributed by atoms with Gasteiger partial charge in [-0.15, -0.1) is 0 Å². The third kappa shape index (κ3) is 5.40. The van der Waals surface area contributed by atoms with Gasteiger partial charge in [-0.25, -0.2) is 8.42 Å². The average molecular weight is 445 g/mol. The van der Waals surface area contributed by atoms with Crippen LogP contribution in [0.2, 0.25) is 0 Å². The first-order chi connectivity index (χ1) is 14.7. The lowest BCUT2D eigenvalue weighted by Gasteiger charge is -2.28. The molecule has 2 aromatic carbocycles. The number of aryl methyl sites for hydroxylation is 1. The predicted octanol–water partition coefficient (Wildman–Crippen LogP) is 2.52. The molecule has 1 aromatic heterocycles. The number of amides is 1. The normalized spacial score (nSPS) is 12.3. The van der Waals surface area contributed by atoms with Crippen LogP contribution in [0.5, 0.6) is 5.75 Å². The van der Waals surface area contributed by atoms with E-state index in [2.05, 4.69) is 15.5 Å². The monoisotopic (exact) mass is 444 g/mol. The second kappa shape index (κ2) is 9.17. The van der Waals surface area contributed by atoms with Crippen LogP contribution in [0.4, 0.5) is 5.69 Å². The van der Waals surface area contributed by atoms with Gasteiger partial charge in [-0.05, 0) is 55.8 Å². The second-order valence-electron chi connectivity index (χ2n) is 7.03. The molecular weight excluding hydrogens is 420 g/mol. The zero-order chi connectivity index (χ0) is 22.6. The van der Waals surface area contributed by atoms with E-state index < -0.39 is 22.0 Å². The van der Waals surface area contributed by atoms with Gasteiger partial charge in [0.2, 0.25) is 27.6 Å². The number of hydrogen-bond acceptors (Lipinski definition) is 7. The standard InChI is InChI=1S/C21H24N4O5S/c1-14-6-5-7-17(12-14)25(31(4,27)28)15(2)21(26)22-13-19-23-20(24-30-19)16-8-10-18(29-3)11-9-16/h5-12,15H,13H2,1-4H3,(H,22,26)/t15-/m0/s1. The van der Waals surface area contributed by atoms with Gasteiger partial charge in [-0.3, -0.25) is 9.10 Å². The van der Waals surface area contributed by atoms with Gasteiger partial charge in [-0.1, -0.05) is 17.3 Å². The maximum absolute atomic E-state index is 12.7. The van der Waals surface area contributed by atoms with Crippen molar-refractivity contribution >= 4 is 21.6 Å². The highest BCUT2D eigenvalue weighted by molar-refractivity contribution is 7.92. The fourth-order valence-corrected chi connectivity index (χ4v) is 4.23. The van der Waals surface area contributed by atoms with E-state index in [1.165, 1.54) is 6.92 Å². The average Bonchev–Trinajstić information content (AvgIpc) is 3.20. The number of nitrogens with zero attached hydrogens (tertiary/aromatic N) is 3. The number of benzene rings is 2. The molecule has 0 radical (unpaired) electrons. The number of carbonyl (C=O) groups excluding carboxylic acids is 1. The summed E-state index contributed by atoms with van der Waals surface area (Å²) in [7, 11) is -2.11. The van der Waals surface area contributed by atoms with Crippen molar-refractivity contribution in [1.29, 1.82) is 0 Å². The lowest BCUT2D eigenvalue weighted by Crippen LogP contribution is -2.47. The van der Waals surface area contributed by atoms with Crippen molar-refractivity contribution in [3.05, 3.63) is 60.0 Å². The Morgan fingerprint density at radius 2 is 1.94 bits per heavy atom. The molecule has 1 amide bonds. The highest BCUT2D eigenvalue weighted by atomic mass is 32.2. The molecule has 31 heavy (non-hydrogen) atoms. The van der Waals surface area contributed by atoms with Crippen LogP contribution in [0.3, 0.4) is 0 Å². The molecule has 10 heteroatoms. The topological polar surface area (TPSA) is 115 Å². The highest BCUT2D eigenvalue weighted by Gasteiger charge is 2.29. The van der Waals surface area contributed by atoms with Gasteiger partial charge >= 0.3 is 0 Å². The van der Waals surface area contributed by atoms with Crippen LogP contribution < -0.4 is 14.4 Å². The van der Waals surface area contributed by atoms with Gasteiger partial charge in [-0.2, -0.15) is 4.98 Å². The van der Waals surface area contributed by atoms with Crippen LogP contribution in [0, 0.1) is 6.92 Å². The zero-order valence-electron chi connectivity index (χ0n) is 17.7. The molecule has 3 aromatic rings. The van der Waals surface area contributed by atoms with Crippen molar-refractivity contribution in [2.45, 2.75) is 26.4 Å². The van der Waals surface area contributed by atoms with Crippen LogP contribution in [0.15, 0.2) is 53.1 Å². The Morgan fingerprint density at radius 1 is 1.23 bits per heavy atom. The third-order valence-corrected chi connectivity index (χ3v) is 5.82. The van der Waals surface area contributed by atoms with E-state index in [1.807, 2.05) is 13.0 Å². The lowest BCUT2D eigenvalue weighted by molar-refractivity contribution is -0.122. The zero-order valence-corrected chi connectivity index (χ0v) is 18.5.